The predicted molar refractivity (Wildman–Crippen MR) is 117 cm³/mol. The van der Waals surface area contributed by atoms with E-state index >= 15 is 0 Å². The molecule has 29 heavy (non-hydrogen) atoms. The van der Waals surface area contributed by atoms with Gasteiger partial charge in [-0.1, -0.05) is 60.7 Å². The van der Waals surface area contributed by atoms with E-state index in [1.807, 2.05) is 60.3 Å². The van der Waals surface area contributed by atoms with Crippen LogP contribution in [0.1, 0.15) is 28.8 Å². The Morgan fingerprint density at radius 3 is 2.34 bits per heavy atom. The number of carbonyl (C=O) groups excluding carboxylic acids is 1. The highest BCUT2D eigenvalue weighted by molar-refractivity contribution is 7.99. The van der Waals surface area contributed by atoms with Gasteiger partial charge in [0.05, 0.1) is 0 Å². The fourth-order valence-electron chi connectivity index (χ4n) is 4.08. The van der Waals surface area contributed by atoms with Crippen molar-refractivity contribution in [3.63, 3.8) is 0 Å². The average molecular weight is 402 g/mol. The molecule has 5 rings (SSSR count). The van der Waals surface area contributed by atoms with Gasteiger partial charge in [0.2, 0.25) is 5.91 Å². The number of benzene rings is 3. The molecule has 0 radical (unpaired) electrons. The molecule has 1 aliphatic carbocycles. The van der Waals surface area contributed by atoms with Crippen molar-refractivity contribution in [1.82, 2.24) is 4.90 Å². The van der Waals surface area contributed by atoms with Crippen LogP contribution in [-0.4, -0.2) is 23.1 Å². The van der Waals surface area contributed by atoms with E-state index in [2.05, 4.69) is 41.3 Å². The zero-order valence-corrected chi connectivity index (χ0v) is 16.9. The van der Waals surface area contributed by atoms with Crippen LogP contribution in [0.3, 0.4) is 0 Å². The molecule has 0 bridgehead atoms. The minimum Gasteiger partial charge on any atom is -0.457 e. The number of ether oxygens (including phenoxy) is 1. The van der Waals surface area contributed by atoms with E-state index in [0.717, 1.165) is 35.8 Å². The molecule has 1 saturated carbocycles. The molecule has 0 spiro atoms. The molecule has 3 atom stereocenters. The van der Waals surface area contributed by atoms with E-state index in [9.17, 15) is 4.79 Å². The number of nitrogens with zero attached hydrogens (tertiary/aromatic N) is 1. The summed E-state index contributed by atoms with van der Waals surface area (Å²) in [5, 5.41) is 0.0684. The molecule has 2 fully saturated rings. The van der Waals surface area contributed by atoms with Gasteiger partial charge in [0.15, 0.2) is 0 Å². The normalized spacial score (nSPS) is 23.0. The molecule has 2 aliphatic rings. The van der Waals surface area contributed by atoms with Gasteiger partial charge in [-0.2, -0.15) is 0 Å². The molecule has 4 heteroatoms. The Bertz CT molecular complexity index is 992. The minimum absolute atomic E-state index is 0.0684. The number of rotatable bonds is 5. The second-order valence-electron chi connectivity index (χ2n) is 7.60. The lowest BCUT2D eigenvalue weighted by molar-refractivity contribution is -0.132. The van der Waals surface area contributed by atoms with E-state index in [1.54, 1.807) is 0 Å². The summed E-state index contributed by atoms with van der Waals surface area (Å²) in [6.45, 7) is 0.815. The molecule has 1 amide bonds. The Kier molecular flexibility index (Phi) is 5.03. The maximum absolute atomic E-state index is 13.2. The van der Waals surface area contributed by atoms with Crippen molar-refractivity contribution in [2.45, 2.75) is 17.7 Å². The first kappa shape index (κ1) is 18.3. The molecule has 3 aromatic rings. The lowest BCUT2D eigenvalue weighted by atomic mass is 10.1. The van der Waals surface area contributed by atoms with Crippen LogP contribution < -0.4 is 4.74 Å². The zero-order valence-electron chi connectivity index (χ0n) is 16.1. The Balaban J connectivity index is 1.31. The van der Waals surface area contributed by atoms with Gasteiger partial charge >= 0.3 is 0 Å². The van der Waals surface area contributed by atoms with Crippen LogP contribution in [-0.2, 0) is 4.79 Å². The van der Waals surface area contributed by atoms with Crippen LogP contribution in [0.4, 0.5) is 0 Å². The van der Waals surface area contributed by atoms with Gasteiger partial charge in [0.1, 0.15) is 16.9 Å². The van der Waals surface area contributed by atoms with Gasteiger partial charge in [-0.3, -0.25) is 4.79 Å². The standard InChI is InChI=1S/C25H23NO2S/c27-24(23-17-22(23)18-8-3-1-4-9-18)26-14-15-29-25(26)19-10-7-13-21(16-19)28-20-11-5-2-6-12-20/h1-13,16,22-23,25H,14-15,17H2. The van der Waals surface area contributed by atoms with Crippen molar-refractivity contribution in [3.8, 4) is 11.5 Å². The molecule has 0 N–H and O–H groups in total. The molecular weight excluding hydrogens is 378 g/mol. The Hall–Kier alpha value is -2.72. The summed E-state index contributed by atoms with van der Waals surface area (Å²) < 4.78 is 6.00. The minimum atomic E-state index is 0.0684. The van der Waals surface area contributed by atoms with Crippen molar-refractivity contribution in [2.24, 2.45) is 5.92 Å². The quantitative estimate of drug-likeness (QED) is 0.536. The summed E-state index contributed by atoms with van der Waals surface area (Å²) in [5.74, 6) is 3.40. The number of amides is 1. The third-order valence-electron chi connectivity index (χ3n) is 5.63. The first-order chi connectivity index (χ1) is 14.3. The van der Waals surface area contributed by atoms with Crippen LogP contribution in [0.5, 0.6) is 11.5 Å². The third-order valence-corrected chi connectivity index (χ3v) is 6.89. The Labute approximate surface area is 175 Å². The molecule has 146 valence electrons. The van der Waals surface area contributed by atoms with Gasteiger partial charge in [0.25, 0.3) is 0 Å². The maximum Gasteiger partial charge on any atom is 0.227 e. The molecule has 3 unspecified atom stereocenters. The molecule has 1 heterocycles. The van der Waals surface area contributed by atoms with Crippen LogP contribution in [0.25, 0.3) is 0 Å². The fraction of sp³-hybridized carbons (Fsp3) is 0.240. The lowest BCUT2D eigenvalue weighted by Crippen LogP contribution is -2.32. The summed E-state index contributed by atoms with van der Waals surface area (Å²) >= 11 is 1.84. The van der Waals surface area contributed by atoms with Crippen molar-refractivity contribution in [2.75, 3.05) is 12.3 Å². The van der Waals surface area contributed by atoms with Crippen LogP contribution >= 0.6 is 11.8 Å². The van der Waals surface area contributed by atoms with Crippen molar-refractivity contribution in [3.05, 3.63) is 96.1 Å². The topological polar surface area (TPSA) is 29.5 Å². The Morgan fingerprint density at radius 2 is 1.55 bits per heavy atom. The molecule has 3 aromatic carbocycles. The monoisotopic (exact) mass is 401 g/mol. The highest BCUT2D eigenvalue weighted by Gasteiger charge is 2.47. The SMILES string of the molecule is O=C(C1CC1c1ccccc1)N1CCSC1c1cccc(Oc2ccccc2)c1. The molecule has 1 aliphatic heterocycles. The summed E-state index contributed by atoms with van der Waals surface area (Å²) in [4.78, 5) is 15.3. The van der Waals surface area contributed by atoms with Crippen molar-refractivity contribution in [1.29, 1.82) is 0 Å². The highest BCUT2D eigenvalue weighted by Crippen LogP contribution is 2.51. The number of hydrogen-bond donors (Lipinski definition) is 0. The lowest BCUT2D eigenvalue weighted by Gasteiger charge is -2.25. The van der Waals surface area contributed by atoms with Gasteiger partial charge in [-0.05, 0) is 47.7 Å². The van der Waals surface area contributed by atoms with Crippen LogP contribution in [0.15, 0.2) is 84.9 Å². The van der Waals surface area contributed by atoms with E-state index in [1.165, 1.54) is 5.56 Å². The zero-order chi connectivity index (χ0) is 19.6. The summed E-state index contributed by atoms with van der Waals surface area (Å²) in [5.41, 5.74) is 2.42. The van der Waals surface area contributed by atoms with Crippen molar-refractivity contribution >= 4 is 17.7 Å². The number of carbonyl (C=O) groups is 1. The summed E-state index contributed by atoms with van der Waals surface area (Å²) in [6, 6.07) is 28.4. The van der Waals surface area contributed by atoms with E-state index in [4.69, 9.17) is 4.74 Å². The van der Waals surface area contributed by atoms with Gasteiger partial charge in [0, 0.05) is 18.2 Å². The van der Waals surface area contributed by atoms with E-state index in [0.29, 0.717) is 11.8 Å². The second kappa shape index (κ2) is 7.96. The van der Waals surface area contributed by atoms with Gasteiger partial charge in [-0.25, -0.2) is 0 Å². The van der Waals surface area contributed by atoms with Crippen molar-refractivity contribution < 1.29 is 9.53 Å². The third kappa shape index (κ3) is 3.90. The second-order valence-corrected chi connectivity index (χ2v) is 8.79. The van der Waals surface area contributed by atoms with Gasteiger partial charge < -0.3 is 9.64 Å². The smallest absolute Gasteiger partial charge is 0.227 e. The summed E-state index contributed by atoms with van der Waals surface area (Å²) in [7, 11) is 0. The van der Waals surface area contributed by atoms with E-state index < -0.39 is 0 Å². The first-order valence-corrected chi connectivity index (χ1v) is 11.1. The van der Waals surface area contributed by atoms with Crippen LogP contribution in [0.2, 0.25) is 0 Å². The van der Waals surface area contributed by atoms with Crippen LogP contribution in [0, 0.1) is 5.92 Å². The predicted octanol–water partition coefficient (Wildman–Crippen LogP) is 5.86. The van der Waals surface area contributed by atoms with Gasteiger partial charge in [-0.15, -0.1) is 11.8 Å². The summed E-state index contributed by atoms with van der Waals surface area (Å²) in [6.07, 6.45) is 0.966. The number of thioether (sulfide) groups is 1. The largest absolute Gasteiger partial charge is 0.457 e. The molecule has 3 nitrogen and oxygen atoms in total. The van der Waals surface area contributed by atoms with E-state index in [-0.39, 0.29) is 11.3 Å². The number of para-hydroxylation sites is 1. The number of hydrogen-bond acceptors (Lipinski definition) is 3. The molecule has 1 saturated heterocycles. The maximum atomic E-state index is 13.2. The Morgan fingerprint density at radius 1 is 0.862 bits per heavy atom. The first-order valence-electron chi connectivity index (χ1n) is 10.1. The fourth-order valence-corrected chi connectivity index (χ4v) is 5.33. The molecular formula is C25H23NO2S. The average Bonchev–Trinajstić information content (AvgIpc) is 3.42. The highest BCUT2D eigenvalue weighted by atomic mass is 32.2. The molecule has 0 aromatic heterocycles.